The van der Waals surface area contributed by atoms with Gasteiger partial charge in [-0.3, -0.25) is 9.88 Å². The highest BCUT2D eigenvalue weighted by atomic mass is 16.4. The van der Waals surface area contributed by atoms with E-state index in [1.165, 1.54) is 0 Å². The Balaban J connectivity index is 1.61. The van der Waals surface area contributed by atoms with Crippen LogP contribution in [-0.2, 0) is 6.54 Å². The van der Waals surface area contributed by atoms with Gasteiger partial charge in [0.25, 0.3) is 0 Å². The minimum Gasteiger partial charge on any atom is -0.423 e. The molecule has 0 bridgehead atoms. The zero-order valence-corrected chi connectivity index (χ0v) is 15.7. The van der Waals surface area contributed by atoms with Crippen LogP contribution >= 0.6 is 0 Å². The maximum atomic E-state index is 9.70. The van der Waals surface area contributed by atoms with Gasteiger partial charge in [0, 0.05) is 43.1 Å². The third-order valence-corrected chi connectivity index (χ3v) is 5.22. The van der Waals surface area contributed by atoms with Crippen molar-refractivity contribution in [3.8, 4) is 0 Å². The summed E-state index contributed by atoms with van der Waals surface area (Å²) in [6.45, 7) is 4.20. The lowest BCUT2D eigenvalue weighted by molar-refractivity contribution is 0.175. The topological polar surface area (TPSA) is 102 Å². The maximum Gasteiger partial charge on any atom is 0.488 e. The molecular weight excluding hydrogens is 355 g/mol. The Kier molecular flexibility index (Phi) is 5.28. The number of hydrogen-bond donors (Lipinski definition) is 4. The van der Waals surface area contributed by atoms with Gasteiger partial charge in [-0.15, -0.1) is 0 Å². The lowest BCUT2D eigenvalue weighted by Crippen LogP contribution is -2.32. The molecule has 1 atom stereocenters. The monoisotopic (exact) mass is 378 g/mol. The average molecular weight is 378 g/mol. The van der Waals surface area contributed by atoms with Gasteiger partial charge in [0.2, 0.25) is 0 Å². The first-order valence-corrected chi connectivity index (χ1v) is 9.38. The van der Waals surface area contributed by atoms with E-state index < -0.39 is 7.12 Å². The third-order valence-electron chi connectivity index (χ3n) is 5.22. The van der Waals surface area contributed by atoms with Crippen LogP contribution in [0.25, 0.3) is 10.9 Å². The quantitative estimate of drug-likeness (QED) is 0.490. The lowest BCUT2D eigenvalue weighted by atomic mass is 9.77. The van der Waals surface area contributed by atoms with Crippen LogP contribution in [0.15, 0.2) is 42.7 Å². The molecule has 1 fully saturated rings. The second-order valence-corrected chi connectivity index (χ2v) is 7.27. The minimum absolute atomic E-state index is 0.232. The van der Waals surface area contributed by atoms with Crippen LogP contribution in [0, 0.1) is 6.92 Å². The molecule has 0 spiro atoms. The molecule has 4 N–H and O–H groups in total. The van der Waals surface area contributed by atoms with Gasteiger partial charge < -0.3 is 20.5 Å². The summed E-state index contributed by atoms with van der Waals surface area (Å²) < 4.78 is 0. The summed E-state index contributed by atoms with van der Waals surface area (Å²) in [5, 5.41) is 33.0. The molecule has 144 valence electrons. The van der Waals surface area contributed by atoms with Gasteiger partial charge in [-0.25, -0.2) is 4.98 Å². The van der Waals surface area contributed by atoms with E-state index in [1.54, 1.807) is 18.3 Å². The number of aliphatic hydroxyl groups excluding tert-OH is 1. The number of anilines is 2. The molecule has 1 aliphatic heterocycles. The van der Waals surface area contributed by atoms with Crippen molar-refractivity contribution in [1.82, 2.24) is 14.9 Å². The van der Waals surface area contributed by atoms with Crippen molar-refractivity contribution < 1.29 is 15.2 Å². The molecule has 1 aromatic carbocycles. The molecule has 7 nitrogen and oxygen atoms in total. The van der Waals surface area contributed by atoms with Crippen molar-refractivity contribution >= 4 is 35.0 Å². The predicted octanol–water partition coefficient (Wildman–Crippen LogP) is 0.928. The van der Waals surface area contributed by atoms with E-state index in [9.17, 15) is 15.2 Å². The van der Waals surface area contributed by atoms with Gasteiger partial charge in [-0.2, -0.15) is 0 Å². The number of rotatable bonds is 5. The van der Waals surface area contributed by atoms with E-state index in [0.29, 0.717) is 17.8 Å². The second kappa shape index (κ2) is 7.85. The molecule has 1 aliphatic rings. The van der Waals surface area contributed by atoms with Crippen LogP contribution < -0.4 is 10.8 Å². The summed E-state index contributed by atoms with van der Waals surface area (Å²) in [7, 11) is -1.52. The van der Waals surface area contributed by atoms with Crippen molar-refractivity contribution in [1.29, 1.82) is 0 Å². The number of fused-ring (bicyclic) bond motifs is 1. The van der Waals surface area contributed by atoms with E-state index in [-0.39, 0.29) is 6.10 Å². The van der Waals surface area contributed by atoms with Crippen LogP contribution in [0.4, 0.5) is 11.5 Å². The number of β-amino-alcohol motifs (C(OH)–C–C–N with tert-alkyl or cyclic N) is 1. The second-order valence-electron chi connectivity index (χ2n) is 7.27. The zero-order valence-electron chi connectivity index (χ0n) is 15.7. The molecule has 3 heterocycles. The highest BCUT2D eigenvalue weighted by Gasteiger charge is 2.20. The van der Waals surface area contributed by atoms with Gasteiger partial charge in [-0.05, 0) is 48.1 Å². The molecule has 1 saturated heterocycles. The number of likely N-dealkylation sites (tertiary alicyclic amines) is 1. The fourth-order valence-corrected chi connectivity index (χ4v) is 3.69. The van der Waals surface area contributed by atoms with Crippen molar-refractivity contribution in [2.45, 2.75) is 26.0 Å². The summed E-state index contributed by atoms with van der Waals surface area (Å²) in [5.74, 6) is 0.619. The van der Waals surface area contributed by atoms with E-state index >= 15 is 0 Å². The van der Waals surface area contributed by atoms with Crippen molar-refractivity contribution in [2.24, 2.45) is 0 Å². The Morgan fingerprint density at radius 1 is 1.25 bits per heavy atom. The Morgan fingerprint density at radius 2 is 2.11 bits per heavy atom. The van der Waals surface area contributed by atoms with E-state index in [1.807, 2.05) is 25.3 Å². The molecule has 0 aliphatic carbocycles. The van der Waals surface area contributed by atoms with Crippen LogP contribution in [0.3, 0.4) is 0 Å². The van der Waals surface area contributed by atoms with Crippen LogP contribution in [-0.4, -0.2) is 56.3 Å². The standard InChI is InChI=1S/C20H23BN4O3/c1-13-17(21(27)28)3-2-4-18(13)24-20-19-15(5-7-22-20)9-14(10-23-19)11-25-8-6-16(26)12-25/h2-5,7,9-10,16,26-28H,6,8,11-12H2,1H3,(H,22,24)/t16-/m1/s1. The van der Waals surface area contributed by atoms with Crippen LogP contribution in [0.2, 0.25) is 0 Å². The maximum absolute atomic E-state index is 9.70. The summed E-state index contributed by atoms with van der Waals surface area (Å²) in [4.78, 5) is 11.3. The molecule has 0 unspecified atom stereocenters. The first-order valence-electron chi connectivity index (χ1n) is 9.38. The fraction of sp³-hybridized carbons (Fsp3) is 0.300. The Bertz CT molecular complexity index is 998. The molecule has 0 saturated carbocycles. The molecule has 0 amide bonds. The Labute approximate surface area is 163 Å². The van der Waals surface area contributed by atoms with Gasteiger partial charge >= 0.3 is 7.12 Å². The SMILES string of the molecule is Cc1c(Nc2nccc3cc(CN4CC[C@@H](O)C4)cnc23)cccc1B(O)O. The predicted molar refractivity (Wildman–Crippen MR) is 110 cm³/mol. The fourth-order valence-electron chi connectivity index (χ4n) is 3.69. The van der Waals surface area contributed by atoms with Crippen molar-refractivity contribution in [3.63, 3.8) is 0 Å². The summed E-state index contributed by atoms with van der Waals surface area (Å²) in [6.07, 6.45) is 4.17. The minimum atomic E-state index is -1.52. The number of aliphatic hydroxyl groups is 1. The van der Waals surface area contributed by atoms with Gasteiger partial charge in [0.1, 0.15) is 5.52 Å². The average Bonchev–Trinajstić information content (AvgIpc) is 3.08. The summed E-state index contributed by atoms with van der Waals surface area (Å²) in [5.41, 5.74) is 3.80. The number of nitrogens with one attached hydrogen (secondary N) is 1. The number of hydrogen-bond acceptors (Lipinski definition) is 7. The van der Waals surface area contributed by atoms with E-state index in [4.69, 9.17) is 0 Å². The highest BCUT2D eigenvalue weighted by Crippen LogP contribution is 2.25. The third kappa shape index (κ3) is 3.86. The Morgan fingerprint density at radius 3 is 2.86 bits per heavy atom. The van der Waals surface area contributed by atoms with Crippen LogP contribution in [0.5, 0.6) is 0 Å². The molecule has 8 heteroatoms. The van der Waals surface area contributed by atoms with Crippen LogP contribution in [0.1, 0.15) is 17.5 Å². The molecule has 28 heavy (non-hydrogen) atoms. The smallest absolute Gasteiger partial charge is 0.423 e. The van der Waals surface area contributed by atoms with E-state index in [2.05, 4.69) is 26.3 Å². The van der Waals surface area contributed by atoms with Gasteiger partial charge in [0.15, 0.2) is 5.82 Å². The number of pyridine rings is 2. The van der Waals surface area contributed by atoms with Gasteiger partial charge in [-0.1, -0.05) is 12.1 Å². The lowest BCUT2D eigenvalue weighted by Gasteiger charge is -2.16. The molecule has 4 rings (SSSR count). The normalized spacial score (nSPS) is 17.2. The zero-order chi connectivity index (χ0) is 19.7. The van der Waals surface area contributed by atoms with Crippen molar-refractivity contribution in [2.75, 3.05) is 18.4 Å². The Hall–Kier alpha value is -2.52. The molecular formula is C20H23BN4O3. The molecule has 2 aromatic heterocycles. The molecule has 0 radical (unpaired) electrons. The van der Waals surface area contributed by atoms with Crippen molar-refractivity contribution in [3.05, 3.63) is 53.9 Å². The van der Waals surface area contributed by atoms with E-state index in [0.717, 1.165) is 47.2 Å². The first kappa shape index (κ1) is 18.8. The first-order chi connectivity index (χ1) is 13.5. The highest BCUT2D eigenvalue weighted by molar-refractivity contribution is 6.59. The summed E-state index contributed by atoms with van der Waals surface area (Å²) in [6, 6.07) is 9.35. The van der Waals surface area contributed by atoms with Gasteiger partial charge in [0.05, 0.1) is 6.10 Å². The summed E-state index contributed by atoms with van der Waals surface area (Å²) >= 11 is 0. The largest absolute Gasteiger partial charge is 0.488 e. The number of benzene rings is 1. The molecule has 3 aromatic rings. The number of aromatic nitrogens is 2. The number of nitrogens with zero attached hydrogens (tertiary/aromatic N) is 3.